The number of benzene rings is 1. The van der Waals surface area contributed by atoms with Gasteiger partial charge in [0.15, 0.2) is 0 Å². The number of aliphatic hydroxyl groups is 1. The lowest BCUT2D eigenvalue weighted by molar-refractivity contribution is 0.214. The Balaban J connectivity index is 2.36. The Kier molecular flexibility index (Phi) is 7.51. The molecule has 0 spiro atoms. The molecule has 0 heterocycles. The van der Waals surface area contributed by atoms with E-state index in [-0.39, 0.29) is 6.61 Å². The molecule has 1 N–H and O–H groups in total. The van der Waals surface area contributed by atoms with Crippen LogP contribution in [-0.2, 0) is 6.42 Å². The molecule has 18 heavy (non-hydrogen) atoms. The summed E-state index contributed by atoms with van der Waals surface area (Å²) in [7, 11) is 1.68. The van der Waals surface area contributed by atoms with Gasteiger partial charge in [-0.15, -0.1) is 0 Å². The maximum absolute atomic E-state index is 9.42. The normalized spacial score (nSPS) is 12.4. The van der Waals surface area contributed by atoms with E-state index in [1.165, 1.54) is 31.2 Å². The van der Waals surface area contributed by atoms with Crippen LogP contribution < -0.4 is 4.74 Å². The third kappa shape index (κ3) is 5.54. The van der Waals surface area contributed by atoms with E-state index in [4.69, 9.17) is 4.74 Å². The molecule has 0 fully saturated rings. The van der Waals surface area contributed by atoms with Crippen molar-refractivity contribution in [1.82, 2.24) is 0 Å². The summed E-state index contributed by atoms with van der Waals surface area (Å²) in [6.45, 7) is 2.51. The molecule has 0 saturated heterocycles. The molecule has 0 aliphatic carbocycles. The minimum atomic E-state index is 0.290. The smallest absolute Gasteiger partial charge is 0.118 e. The summed E-state index contributed by atoms with van der Waals surface area (Å²) in [6, 6.07) is 8.16. The molecule has 1 aromatic rings. The fourth-order valence-electron chi connectivity index (χ4n) is 2.21. The zero-order valence-electron chi connectivity index (χ0n) is 11.7. The van der Waals surface area contributed by atoms with Crippen LogP contribution in [0, 0.1) is 5.92 Å². The fourth-order valence-corrected chi connectivity index (χ4v) is 2.21. The largest absolute Gasteiger partial charge is 0.497 e. The van der Waals surface area contributed by atoms with Gasteiger partial charge in [-0.05, 0) is 36.5 Å². The van der Waals surface area contributed by atoms with Crippen LogP contribution in [0.15, 0.2) is 24.3 Å². The average molecular weight is 250 g/mol. The minimum Gasteiger partial charge on any atom is -0.497 e. The van der Waals surface area contributed by atoms with Gasteiger partial charge in [0.2, 0.25) is 0 Å². The van der Waals surface area contributed by atoms with Gasteiger partial charge in [0.05, 0.1) is 7.11 Å². The van der Waals surface area contributed by atoms with Crippen molar-refractivity contribution >= 4 is 0 Å². The first kappa shape index (κ1) is 15.0. The third-order valence-corrected chi connectivity index (χ3v) is 3.41. The van der Waals surface area contributed by atoms with Crippen molar-refractivity contribution in [2.24, 2.45) is 5.92 Å². The van der Waals surface area contributed by atoms with Crippen molar-refractivity contribution in [2.75, 3.05) is 13.7 Å². The minimum absolute atomic E-state index is 0.290. The lowest BCUT2D eigenvalue weighted by Crippen LogP contribution is -2.09. The Morgan fingerprint density at radius 2 is 1.83 bits per heavy atom. The van der Waals surface area contributed by atoms with E-state index in [0.29, 0.717) is 5.92 Å². The highest BCUT2D eigenvalue weighted by atomic mass is 16.5. The summed E-state index contributed by atoms with van der Waals surface area (Å²) >= 11 is 0. The Morgan fingerprint density at radius 3 is 2.39 bits per heavy atom. The van der Waals surface area contributed by atoms with Gasteiger partial charge in [-0.3, -0.25) is 0 Å². The number of ether oxygens (including phenoxy) is 1. The van der Waals surface area contributed by atoms with Crippen LogP contribution in [0.5, 0.6) is 5.75 Å². The molecule has 0 saturated carbocycles. The van der Waals surface area contributed by atoms with Gasteiger partial charge >= 0.3 is 0 Å². The fraction of sp³-hybridized carbons (Fsp3) is 0.625. The summed E-state index contributed by atoms with van der Waals surface area (Å²) in [5.74, 6) is 1.29. The van der Waals surface area contributed by atoms with E-state index >= 15 is 0 Å². The topological polar surface area (TPSA) is 29.5 Å². The molecule has 0 aromatic heterocycles. The molecule has 1 aromatic carbocycles. The first-order valence-corrected chi connectivity index (χ1v) is 7.04. The summed E-state index contributed by atoms with van der Waals surface area (Å²) < 4.78 is 5.14. The summed E-state index contributed by atoms with van der Waals surface area (Å²) in [6.07, 6.45) is 7.18. The van der Waals surface area contributed by atoms with E-state index in [9.17, 15) is 5.11 Å². The second-order valence-electron chi connectivity index (χ2n) is 4.95. The van der Waals surface area contributed by atoms with E-state index in [2.05, 4.69) is 19.1 Å². The Morgan fingerprint density at radius 1 is 1.11 bits per heavy atom. The zero-order chi connectivity index (χ0) is 13.2. The third-order valence-electron chi connectivity index (χ3n) is 3.41. The highest BCUT2D eigenvalue weighted by Crippen LogP contribution is 2.18. The monoisotopic (exact) mass is 250 g/mol. The number of unbranched alkanes of at least 4 members (excludes halogenated alkanes) is 3. The Labute approximate surface area is 111 Å². The van der Waals surface area contributed by atoms with Crippen LogP contribution in [0.3, 0.4) is 0 Å². The molecule has 102 valence electrons. The van der Waals surface area contributed by atoms with Gasteiger partial charge in [-0.25, -0.2) is 0 Å². The highest BCUT2D eigenvalue weighted by Gasteiger charge is 2.08. The van der Waals surface area contributed by atoms with Crippen LogP contribution in [0.1, 0.15) is 44.6 Å². The quantitative estimate of drug-likeness (QED) is 0.675. The van der Waals surface area contributed by atoms with Crippen LogP contribution in [-0.4, -0.2) is 18.8 Å². The number of methoxy groups -OCH3 is 1. The van der Waals surface area contributed by atoms with Crippen LogP contribution in [0.25, 0.3) is 0 Å². The summed E-state index contributed by atoms with van der Waals surface area (Å²) in [4.78, 5) is 0. The maximum atomic E-state index is 9.42. The molecular weight excluding hydrogens is 224 g/mol. The first-order valence-electron chi connectivity index (χ1n) is 7.04. The maximum Gasteiger partial charge on any atom is 0.118 e. The molecule has 2 heteroatoms. The number of rotatable bonds is 9. The van der Waals surface area contributed by atoms with Gasteiger partial charge < -0.3 is 9.84 Å². The van der Waals surface area contributed by atoms with Crippen LogP contribution in [0.2, 0.25) is 0 Å². The number of aliphatic hydroxyl groups excluding tert-OH is 1. The lowest BCUT2D eigenvalue weighted by Gasteiger charge is -2.14. The van der Waals surface area contributed by atoms with Crippen molar-refractivity contribution in [3.8, 4) is 5.75 Å². The SMILES string of the molecule is CCCCCCC(CO)Cc1ccc(OC)cc1. The molecule has 0 amide bonds. The molecule has 0 aliphatic heterocycles. The van der Waals surface area contributed by atoms with Crippen LogP contribution in [0.4, 0.5) is 0 Å². The molecule has 1 unspecified atom stereocenters. The summed E-state index contributed by atoms with van der Waals surface area (Å²) in [5.41, 5.74) is 1.28. The van der Waals surface area contributed by atoms with E-state index < -0.39 is 0 Å². The van der Waals surface area contributed by atoms with Crippen LogP contribution >= 0.6 is 0 Å². The van der Waals surface area contributed by atoms with Gasteiger partial charge in [0, 0.05) is 6.61 Å². The van der Waals surface area contributed by atoms with Gasteiger partial charge in [-0.1, -0.05) is 44.7 Å². The van der Waals surface area contributed by atoms with Gasteiger partial charge in [0.1, 0.15) is 5.75 Å². The predicted octanol–water partition coefficient (Wildman–Crippen LogP) is 3.82. The van der Waals surface area contributed by atoms with Crippen molar-refractivity contribution in [1.29, 1.82) is 0 Å². The number of hydrogen-bond donors (Lipinski definition) is 1. The molecule has 2 nitrogen and oxygen atoms in total. The van der Waals surface area contributed by atoms with Crippen molar-refractivity contribution in [3.05, 3.63) is 29.8 Å². The summed E-state index contributed by atoms with van der Waals surface area (Å²) in [5, 5.41) is 9.42. The average Bonchev–Trinajstić information content (AvgIpc) is 2.43. The predicted molar refractivity (Wildman–Crippen MR) is 76.0 cm³/mol. The van der Waals surface area contributed by atoms with Crippen molar-refractivity contribution in [2.45, 2.75) is 45.4 Å². The Hall–Kier alpha value is -1.02. The van der Waals surface area contributed by atoms with Gasteiger partial charge in [0.25, 0.3) is 0 Å². The standard InChI is InChI=1S/C16H26O2/c1-3-4-5-6-7-15(13-17)12-14-8-10-16(18-2)11-9-14/h8-11,15,17H,3-7,12-13H2,1-2H3. The zero-order valence-corrected chi connectivity index (χ0v) is 11.7. The molecular formula is C16H26O2. The van der Waals surface area contributed by atoms with E-state index in [0.717, 1.165) is 18.6 Å². The number of hydrogen-bond acceptors (Lipinski definition) is 2. The molecule has 0 bridgehead atoms. The van der Waals surface area contributed by atoms with Crippen molar-refractivity contribution < 1.29 is 9.84 Å². The molecule has 0 radical (unpaired) electrons. The van der Waals surface area contributed by atoms with Crippen molar-refractivity contribution in [3.63, 3.8) is 0 Å². The first-order chi connectivity index (χ1) is 8.80. The molecule has 0 aliphatic rings. The van der Waals surface area contributed by atoms with E-state index in [1.54, 1.807) is 7.11 Å². The van der Waals surface area contributed by atoms with E-state index in [1.807, 2.05) is 12.1 Å². The highest BCUT2D eigenvalue weighted by molar-refractivity contribution is 5.27. The second kappa shape index (κ2) is 8.98. The second-order valence-corrected chi connectivity index (χ2v) is 4.95. The Bertz CT molecular complexity index is 305. The van der Waals surface area contributed by atoms with Gasteiger partial charge in [-0.2, -0.15) is 0 Å². The molecule has 1 atom stereocenters. The lowest BCUT2D eigenvalue weighted by atomic mass is 9.94. The molecule has 1 rings (SSSR count).